The second kappa shape index (κ2) is 1.84. The van der Waals surface area contributed by atoms with Gasteiger partial charge in [-0.2, -0.15) is 0 Å². The molecule has 2 nitrogen and oxygen atoms in total. The van der Waals surface area contributed by atoms with Gasteiger partial charge in [0.1, 0.15) is 5.76 Å². The van der Waals surface area contributed by atoms with Gasteiger partial charge in [-0.1, -0.05) is 0 Å². The van der Waals surface area contributed by atoms with Gasteiger partial charge in [-0.3, -0.25) is 0 Å². The van der Waals surface area contributed by atoms with Gasteiger partial charge in [0.2, 0.25) is 0 Å². The van der Waals surface area contributed by atoms with E-state index in [4.69, 9.17) is 4.42 Å². The second-order valence-electron chi connectivity index (χ2n) is 2.29. The van der Waals surface area contributed by atoms with Gasteiger partial charge in [-0.05, 0) is 12.8 Å². The molecular formula is C6H6BrNO. The van der Waals surface area contributed by atoms with E-state index in [1.165, 1.54) is 12.8 Å². The Kier molecular flexibility index (Phi) is 1.12. The van der Waals surface area contributed by atoms with Crippen molar-refractivity contribution in [3.05, 3.63) is 16.8 Å². The van der Waals surface area contributed by atoms with Gasteiger partial charge >= 0.3 is 0 Å². The lowest BCUT2D eigenvalue weighted by Gasteiger charge is -1.82. The molecule has 1 heterocycles. The summed E-state index contributed by atoms with van der Waals surface area (Å²) in [4.78, 5) is 4.53. The molecule has 0 aromatic carbocycles. The van der Waals surface area contributed by atoms with Crippen molar-refractivity contribution >= 4 is 15.9 Å². The molecule has 1 fully saturated rings. The number of oxazole rings is 1. The summed E-state index contributed by atoms with van der Waals surface area (Å²) < 4.78 is 5.21. The molecule has 0 radical (unpaired) electrons. The highest BCUT2D eigenvalue weighted by molar-refractivity contribution is 9.10. The highest BCUT2D eigenvalue weighted by Crippen LogP contribution is 2.40. The quantitative estimate of drug-likeness (QED) is 0.675. The molecule has 0 saturated heterocycles. The van der Waals surface area contributed by atoms with Gasteiger partial charge in [-0.15, -0.1) is 0 Å². The molecule has 0 amide bonds. The van der Waals surface area contributed by atoms with Crippen LogP contribution < -0.4 is 0 Å². The molecule has 0 atom stereocenters. The third-order valence-corrected chi connectivity index (χ3v) is 1.84. The van der Waals surface area contributed by atoms with E-state index < -0.39 is 0 Å². The van der Waals surface area contributed by atoms with Crippen LogP contribution in [0.4, 0.5) is 0 Å². The van der Waals surface area contributed by atoms with E-state index in [1.807, 2.05) is 0 Å². The first kappa shape index (κ1) is 5.47. The molecular weight excluding hydrogens is 182 g/mol. The molecule has 0 spiro atoms. The zero-order valence-corrected chi connectivity index (χ0v) is 6.39. The van der Waals surface area contributed by atoms with E-state index in [-0.39, 0.29) is 0 Å². The third kappa shape index (κ3) is 1.01. The molecule has 1 saturated carbocycles. The first-order valence-corrected chi connectivity index (χ1v) is 3.77. The smallest absolute Gasteiger partial charge is 0.264 e. The Labute approximate surface area is 61.4 Å². The zero-order chi connectivity index (χ0) is 6.27. The number of nitrogens with zero attached hydrogens (tertiary/aromatic N) is 1. The summed E-state index contributed by atoms with van der Waals surface area (Å²) in [5, 5.41) is 0. The highest BCUT2D eigenvalue weighted by Gasteiger charge is 2.27. The number of hydrogen-bond donors (Lipinski definition) is 0. The second-order valence-corrected chi connectivity index (χ2v) is 2.97. The maximum Gasteiger partial charge on any atom is 0.264 e. The highest BCUT2D eigenvalue weighted by atomic mass is 79.9. The van der Waals surface area contributed by atoms with Crippen LogP contribution in [0.2, 0.25) is 0 Å². The SMILES string of the molecule is Brc1ncc(C2CC2)o1. The first-order valence-electron chi connectivity index (χ1n) is 2.97. The lowest BCUT2D eigenvalue weighted by atomic mass is 10.3. The summed E-state index contributed by atoms with van der Waals surface area (Å²) in [5.41, 5.74) is 0. The molecule has 1 aliphatic rings. The molecule has 2 rings (SSSR count). The Hall–Kier alpha value is -0.310. The van der Waals surface area contributed by atoms with Crippen molar-refractivity contribution in [1.29, 1.82) is 0 Å². The van der Waals surface area contributed by atoms with E-state index in [1.54, 1.807) is 6.20 Å². The van der Waals surface area contributed by atoms with E-state index in [2.05, 4.69) is 20.9 Å². The van der Waals surface area contributed by atoms with Gasteiger partial charge < -0.3 is 4.42 Å². The number of rotatable bonds is 1. The molecule has 0 unspecified atom stereocenters. The predicted molar refractivity (Wildman–Crippen MR) is 36.2 cm³/mol. The van der Waals surface area contributed by atoms with Crippen LogP contribution in [-0.4, -0.2) is 4.98 Å². The van der Waals surface area contributed by atoms with Crippen molar-refractivity contribution in [1.82, 2.24) is 4.98 Å². The van der Waals surface area contributed by atoms with Gasteiger partial charge in [0, 0.05) is 21.8 Å². The van der Waals surface area contributed by atoms with Gasteiger partial charge in [-0.25, -0.2) is 4.98 Å². The normalized spacial score (nSPS) is 18.3. The standard InChI is InChI=1S/C6H6BrNO/c7-6-8-3-5(9-6)4-1-2-4/h3-4H,1-2H2. The van der Waals surface area contributed by atoms with Crippen LogP contribution in [0, 0.1) is 0 Å². The Morgan fingerprint density at radius 2 is 2.44 bits per heavy atom. The Bertz CT molecular complexity index is 217. The molecule has 9 heavy (non-hydrogen) atoms. The summed E-state index contributed by atoms with van der Waals surface area (Å²) >= 11 is 3.15. The van der Waals surface area contributed by atoms with Crippen molar-refractivity contribution in [2.45, 2.75) is 18.8 Å². The monoisotopic (exact) mass is 187 g/mol. The maximum absolute atomic E-state index is 5.21. The maximum atomic E-state index is 5.21. The van der Waals surface area contributed by atoms with E-state index in [0.29, 0.717) is 10.7 Å². The topological polar surface area (TPSA) is 26.0 Å². The average Bonchev–Trinajstić information content (AvgIpc) is 2.58. The number of aromatic nitrogens is 1. The third-order valence-electron chi connectivity index (χ3n) is 1.48. The van der Waals surface area contributed by atoms with Gasteiger partial charge in [0.15, 0.2) is 0 Å². The summed E-state index contributed by atoms with van der Waals surface area (Å²) in [5.74, 6) is 1.70. The van der Waals surface area contributed by atoms with Crippen molar-refractivity contribution in [3.8, 4) is 0 Å². The van der Waals surface area contributed by atoms with Crippen LogP contribution in [0.5, 0.6) is 0 Å². The van der Waals surface area contributed by atoms with Crippen molar-refractivity contribution < 1.29 is 4.42 Å². The lowest BCUT2D eigenvalue weighted by Crippen LogP contribution is -1.67. The summed E-state index contributed by atoms with van der Waals surface area (Å²) in [6, 6.07) is 0. The molecule has 0 bridgehead atoms. The summed E-state index contributed by atoms with van der Waals surface area (Å²) in [6.45, 7) is 0. The fourth-order valence-electron chi connectivity index (χ4n) is 0.821. The van der Waals surface area contributed by atoms with Crippen LogP contribution in [0.15, 0.2) is 15.4 Å². The van der Waals surface area contributed by atoms with Crippen molar-refractivity contribution in [3.63, 3.8) is 0 Å². The fourth-order valence-corrected chi connectivity index (χ4v) is 1.11. The Morgan fingerprint density at radius 3 is 2.89 bits per heavy atom. The molecule has 1 aromatic rings. The first-order chi connectivity index (χ1) is 4.36. The van der Waals surface area contributed by atoms with Crippen molar-refractivity contribution in [2.24, 2.45) is 0 Å². The minimum Gasteiger partial charge on any atom is -0.436 e. The Balaban J connectivity index is 2.28. The van der Waals surface area contributed by atoms with Gasteiger partial charge in [0.25, 0.3) is 4.80 Å². The van der Waals surface area contributed by atoms with E-state index >= 15 is 0 Å². The fraction of sp³-hybridized carbons (Fsp3) is 0.500. The number of hydrogen-bond acceptors (Lipinski definition) is 2. The minimum absolute atomic E-state index is 0.601. The van der Waals surface area contributed by atoms with Crippen LogP contribution in [0.25, 0.3) is 0 Å². The van der Waals surface area contributed by atoms with Gasteiger partial charge in [0.05, 0.1) is 6.20 Å². The van der Waals surface area contributed by atoms with E-state index in [0.717, 1.165) is 5.76 Å². The minimum atomic E-state index is 0.601. The molecule has 1 aliphatic carbocycles. The van der Waals surface area contributed by atoms with Crippen molar-refractivity contribution in [2.75, 3.05) is 0 Å². The predicted octanol–water partition coefficient (Wildman–Crippen LogP) is 2.31. The number of halogens is 1. The van der Waals surface area contributed by atoms with Crippen LogP contribution >= 0.6 is 15.9 Å². The largest absolute Gasteiger partial charge is 0.436 e. The zero-order valence-electron chi connectivity index (χ0n) is 4.80. The molecule has 3 heteroatoms. The molecule has 48 valence electrons. The molecule has 1 aromatic heterocycles. The van der Waals surface area contributed by atoms with Crippen LogP contribution in [-0.2, 0) is 0 Å². The average molecular weight is 188 g/mol. The Morgan fingerprint density at radius 1 is 1.67 bits per heavy atom. The molecule has 0 N–H and O–H groups in total. The van der Waals surface area contributed by atoms with E-state index in [9.17, 15) is 0 Å². The summed E-state index contributed by atoms with van der Waals surface area (Å²) in [7, 11) is 0. The lowest BCUT2D eigenvalue weighted by molar-refractivity contribution is 0.482. The molecule has 0 aliphatic heterocycles. The van der Waals surface area contributed by atoms with Crippen LogP contribution in [0.1, 0.15) is 24.5 Å². The summed E-state index contributed by atoms with van der Waals surface area (Å²) in [6.07, 6.45) is 4.32. The van der Waals surface area contributed by atoms with Crippen LogP contribution in [0.3, 0.4) is 0 Å².